The molecule has 0 saturated carbocycles. The predicted molar refractivity (Wildman–Crippen MR) is 61.5 cm³/mol. The largest absolute Gasteiger partial charge is 0.485 e. The van der Waals surface area contributed by atoms with Crippen molar-refractivity contribution < 1.29 is 14.6 Å². The fraction of sp³-hybridized carbons (Fsp3) is 0.200. The van der Waals surface area contributed by atoms with E-state index in [9.17, 15) is 4.79 Å². The van der Waals surface area contributed by atoms with Crippen molar-refractivity contribution in [3.05, 3.63) is 34.6 Å². The number of hydrogen-bond donors (Lipinski definition) is 1. The summed E-state index contributed by atoms with van der Waals surface area (Å²) in [5.41, 5.74) is -0.0127. The maximum absolute atomic E-state index is 10.9. The van der Waals surface area contributed by atoms with Crippen LogP contribution in [0.4, 0.5) is 0 Å². The van der Waals surface area contributed by atoms with Crippen LogP contribution in [0.1, 0.15) is 16.2 Å². The summed E-state index contributed by atoms with van der Waals surface area (Å²) in [6, 6.07) is 4.39. The van der Waals surface area contributed by atoms with Crippen LogP contribution >= 0.6 is 11.6 Å². The van der Waals surface area contributed by atoms with Gasteiger partial charge in [-0.3, -0.25) is 0 Å². The first-order valence-corrected chi connectivity index (χ1v) is 5.32. The number of rotatable bonds is 4. The summed E-state index contributed by atoms with van der Waals surface area (Å²) < 4.78 is 5.35. The van der Waals surface area contributed by atoms with Gasteiger partial charge in [0.05, 0.1) is 17.6 Å². The zero-order chi connectivity index (χ0) is 13.1. The van der Waals surface area contributed by atoms with Gasteiger partial charge < -0.3 is 9.84 Å². The number of halogens is 1. The minimum Gasteiger partial charge on any atom is -0.485 e. The number of carboxylic acid groups (broad SMARTS) is 1. The second-order valence-corrected chi connectivity index (χ2v) is 3.84. The number of aromatic carboxylic acids is 1. The van der Waals surface area contributed by atoms with E-state index in [4.69, 9.17) is 21.4 Å². The molecule has 0 atom stereocenters. The molecule has 2 aromatic rings. The molecule has 1 aromatic heterocycles. The average Bonchev–Trinajstić information content (AvgIpc) is 2.74. The average molecular weight is 269 g/mol. The lowest BCUT2D eigenvalue weighted by molar-refractivity contribution is 0.0696. The molecule has 94 valence electrons. The van der Waals surface area contributed by atoms with Crippen molar-refractivity contribution in [2.45, 2.75) is 6.61 Å². The van der Waals surface area contributed by atoms with E-state index in [1.54, 1.807) is 13.1 Å². The molecule has 0 aliphatic carbocycles. The predicted octanol–water partition coefficient (Wildman–Crippen LogP) is 1.14. The number of benzene rings is 1. The van der Waals surface area contributed by atoms with Crippen LogP contribution in [0, 0.1) is 0 Å². The van der Waals surface area contributed by atoms with E-state index in [0.29, 0.717) is 11.6 Å². The molecular formula is C10H9ClN4O3. The number of carbonyl (C=O) groups is 1. The lowest BCUT2D eigenvalue weighted by Gasteiger charge is -2.05. The summed E-state index contributed by atoms with van der Waals surface area (Å²) >= 11 is 5.74. The Balaban J connectivity index is 2.10. The molecule has 0 unspecified atom stereocenters. The summed E-state index contributed by atoms with van der Waals surface area (Å²) in [6.07, 6.45) is 0. The smallest absolute Gasteiger partial charge is 0.337 e. The van der Waals surface area contributed by atoms with Gasteiger partial charge in [0.1, 0.15) is 5.75 Å². The van der Waals surface area contributed by atoms with Crippen LogP contribution in [0.5, 0.6) is 5.75 Å². The Morgan fingerprint density at radius 3 is 2.94 bits per heavy atom. The van der Waals surface area contributed by atoms with Crippen molar-refractivity contribution in [2.24, 2.45) is 7.05 Å². The van der Waals surface area contributed by atoms with E-state index in [-0.39, 0.29) is 17.2 Å². The first-order valence-electron chi connectivity index (χ1n) is 4.95. The fourth-order valence-electron chi connectivity index (χ4n) is 1.29. The summed E-state index contributed by atoms with van der Waals surface area (Å²) in [5.74, 6) is -0.323. The monoisotopic (exact) mass is 268 g/mol. The van der Waals surface area contributed by atoms with Crippen LogP contribution in [0.15, 0.2) is 18.2 Å². The highest BCUT2D eigenvalue weighted by atomic mass is 35.5. The first kappa shape index (κ1) is 12.3. The SMILES string of the molecule is Cn1nnc(COc2ccc(Cl)c(C(=O)O)c2)n1. The van der Waals surface area contributed by atoms with Gasteiger partial charge in [-0.2, -0.15) is 4.80 Å². The van der Waals surface area contributed by atoms with E-state index in [1.807, 2.05) is 0 Å². The van der Waals surface area contributed by atoms with E-state index >= 15 is 0 Å². The van der Waals surface area contributed by atoms with E-state index in [1.165, 1.54) is 16.9 Å². The van der Waals surface area contributed by atoms with Gasteiger partial charge in [0.2, 0.25) is 5.82 Å². The van der Waals surface area contributed by atoms with Gasteiger partial charge in [0.15, 0.2) is 6.61 Å². The quantitative estimate of drug-likeness (QED) is 0.894. The second-order valence-electron chi connectivity index (χ2n) is 3.43. The van der Waals surface area contributed by atoms with Crippen LogP contribution in [-0.4, -0.2) is 31.3 Å². The molecular weight excluding hydrogens is 260 g/mol. The molecule has 0 spiro atoms. The van der Waals surface area contributed by atoms with E-state index in [0.717, 1.165) is 0 Å². The minimum absolute atomic E-state index is 0.0127. The summed E-state index contributed by atoms with van der Waals surface area (Å²) in [6.45, 7) is 0.106. The van der Waals surface area contributed by atoms with Crippen molar-refractivity contribution in [3.8, 4) is 5.75 Å². The number of ether oxygens (including phenoxy) is 1. The highest BCUT2D eigenvalue weighted by Crippen LogP contribution is 2.22. The van der Waals surface area contributed by atoms with Crippen LogP contribution < -0.4 is 4.74 Å². The molecule has 0 aliphatic heterocycles. The molecule has 8 heteroatoms. The maximum atomic E-state index is 10.9. The molecule has 0 amide bonds. The third-order valence-electron chi connectivity index (χ3n) is 2.09. The molecule has 2 rings (SSSR count). The Labute approximate surface area is 107 Å². The Hall–Kier alpha value is -2.15. The van der Waals surface area contributed by atoms with E-state index < -0.39 is 5.97 Å². The molecule has 0 radical (unpaired) electrons. The minimum atomic E-state index is -1.11. The third kappa shape index (κ3) is 2.75. The number of nitrogens with zero attached hydrogens (tertiary/aromatic N) is 4. The third-order valence-corrected chi connectivity index (χ3v) is 2.42. The van der Waals surface area contributed by atoms with Gasteiger partial charge in [-0.05, 0) is 23.4 Å². The van der Waals surface area contributed by atoms with Gasteiger partial charge in [0.25, 0.3) is 0 Å². The molecule has 1 heterocycles. The summed E-state index contributed by atoms with van der Waals surface area (Å²) in [7, 11) is 1.64. The first-order chi connectivity index (χ1) is 8.56. The number of aryl methyl sites for hydroxylation is 1. The maximum Gasteiger partial charge on any atom is 0.337 e. The van der Waals surface area contributed by atoms with Crippen molar-refractivity contribution in [3.63, 3.8) is 0 Å². The van der Waals surface area contributed by atoms with Crippen LogP contribution in [0.3, 0.4) is 0 Å². The zero-order valence-electron chi connectivity index (χ0n) is 9.37. The molecule has 0 saturated heterocycles. The molecule has 1 N–H and O–H groups in total. The Bertz CT molecular complexity index is 584. The van der Waals surface area contributed by atoms with Gasteiger partial charge >= 0.3 is 5.97 Å². The number of aromatic nitrogens is 4. The van der Waals surface area contributed by atoms with E-state index in [2.05, 4.69) is 15.4 Å². The van der Waals surface area contributed by atoms with Gasteiger partial charge in [-0.25, -0.2) is 4.79 Å². The fourth-order valence-corrected chi connectivity index (χ4v) is 1.49. The summed E-state index contributed by atoms with van der Waals surface area (Å²) in [5, 5.41) is 20.4. The highest BCUT2D eigenvalue weighted by molar-refractivity contribution is 6.33. The Morgan fingerprint density at radius 2 is 2.33 bits per heavy atom. The van der Waals surface area contributed by atoms with Crippen LogP contribution in [0.2, 0.25) is 5.02 Å². The topological polar surface area (TPSA) is 90.1 Å². The molecule has 18 heavy (non-hydrogen) atoms. The van der Waals surface area contributed by atoms with Crippen molar-refractivity contribution in [1.29, 1.82) is 0 Å². The normalized spacial score (nSPS) is 10.3. The van der Waals surface area contributed by atoms with Crippen molar-refractivity contribution >= 4 is 17.6 Å². The number of tetrazole rings is 1. The number of hydrogen-bond acceptors (Lipinski definition) is 5. The van der Waals surface area contributed by atoms with Crippen molar-refractivity contribution in [2.75, 3.05) is 0 Å². The van der Waals surface area contributed by atoms with Crippen LogP contribution in [-0.2, 0) is 13.7 Å². The lowest BCUT2D eigenvalue weighted by atomic mass is 10.2. The number of carboxylic acids is 1. The molecule has 0 bridgehead atoms. The highest BCUT2D eigenvalue weighted by Gasteiger charge is 2.10. The van der Waals surface area contributed by atoms with Crippen molar-refractivity contribution in [1.82, 2.24) is 20.2 Å². The molecule has 1 aromatic carbocycles. The second kappa shape index (κ2) is 5.01. The molecule has 0 fully saturated rings. The summed E-state index contributed by atoms with van der Waals surface area (Å²) in [4.78, 5) is 12.2. The van der Waals surface area contributed by atoms with Gasteiger partial charge in [-0.15, -0.1) is 10.2 Å². The standard InChI is InChI=1S/C10H9ClN4O3/c1-15-13-9(12-14-15)5-18-6-2-3-8(11)7(4-6)10(16)17/h2-4H,5H2,1H3,(H,16,17). The Kier molecular flexibility index (Phi) is 3.42. The van der Waals surface area contributed by atoms with Gasteiger partial charge in [0, 0.05) is 0 Å². The lowest BCUT2D eigenvalue weighted by Crippen LogP contribution is -2.02. The Morgan fingerprint density at radius 1 is 1.56 bits per heavy atom. The van der Waals surface area contributed by atoms with Gasteiger partial charge in [-0.1, -0.05) is 11.6 Å². The zero-order valence-corrected chi connectivity index (χ0v) is 10.1. The molecule has 0 aliphatic rings. The van der Waals surface area contributed by atoms with Crippen LogP contribution in [0.25, 0.3) is 0 Å². The molecule has 7 nitrogen and oxygen atoms in total.